The molecule has 0 amide bonds. The molecular formula is C13H21N3O3. The van der Waals surface area contributed by atoms with Crippen molar-refractivity contribution in [3.05, 3.63) is 5.89 Å². The van der Waals surface area contributed by atoms with Crippen molar-refractivity contribution in [3.63, 3.8) is 0 Å². The van der Waals surface area contributed by atoms with Gasteiger partial charge in [0.05, 0.1) is 11.8 Å². The molecule has 106 valence electrons. The van der Waals surface area contributed by atoms with E-state index in [1.165, 1.54) is 0 Å². The molecule has 1 fully saturated rings. The first-order valence-electron chi connectivity index (χ1n) is 6.98. The normalized spacial score (nSPS) is 23.3. The molecule has 1 aromatic rings. The standard InChI is InChI=1S/C13H21N3O3/c1-3-16(4-2)13-14-11(19-15-13)9-7-5-6-8-10(9)12(17)18/h9-10H,3-8H2,1-2H3,(H,17,18). The number of anilines is 1. The zero-order chi connectivity index (χ0) is 13.8. The largest absolute Gasteiger partial charge is 0.481 e. The summed E-state index contributed by atoms with van der Waals surface area (Å²) in [7, 11) is 0. The highest BCUT2D eigenvalue weighted by Crippen LogP contribution is 2.37. The molecule has 1 N–H and O–H groups in total. The van der Waals surface area contributed by atoms with Crippen molar-refractivity contribution in [2.75, 3.05) is 18.0 Å². The number of nitrogens with zero attached hydrogens (tertiary/aromatic N) is 3. The number of hydrogen-bond donors (Lipinski definition) is 1. The third-order valence-electron chi connectivity index (χ3n) is 3.88. The number of carboxylic acid groups (broad SMARTS) is 1. The second-order valence-electron chi connectivity index (χ2n) is 4.94. The topological polar surface area (TPSA) is 79.5 Å². The molecule has 0 aromatic carbocycles. The lowest BCUT2D eigenvalue weighted by Gasteiger charge is -2.25. The van der Waals surface area contributed by atoms with Gasteiger partial charge in [0, 0.05) is 13.1 Å². The highest BCUT2D eigenvalue weighted by molar-refractivity contribution is 5.71. The van der Waals surface area contributed by atoms with Gasteiger partial charge in [0.15, 0.2) is 0 Å². The monoisotopic (exact) mass is 267 g/mol. The summed E-state index contributed by atoms with van der Waals surface area (Å²) in [6.07, 6.45) is 3.50. The molecule has 0 saturated heterocycles. The van der Waals surface area contributed by atoms with E-state index < -0.39 is 11.9 Å². The Morgan fingerprint density at radius 2 is 2.05 bits per heavy atom. The SMILES string of the molecule is CCN(CC)c1noc(C2CCCCC2C(=O)O)n1. The van der Waals surface area contributed by atoms with Gasteiger partial charge in [-0.05, 0) is 31.8 Å². The third kappa shape index (κ3) is 2.88. The van der Waals surface area contributed by atoms with E-state index in [-0.39, 0.29) is 5.92 Å². The number of aliphatic carboxylic acids is 1. The fraction of sp³-hybridized carbons (Fsp3) is 0.769. The molecule has 2 rings (SSSR count). The molecule has 2 atom stereocenters. The Kier molecular flexibility index (Phi) is 4.39. The number of carboxylic acids is 1. The summed E-state index contributed by atoms with van der Waals surface area (Å²) >= 11 is 0. The van der Waals surface area contributed by atoms with E-state index in [1.807, 2.05) is 18.7 Å². The summed E-state index contributed by atoms with van der Waals surface area (Å²) in [5.74, 6) is -0.238. The van der Waals surface area contributed by atoms with Crippen LogP contribution in [0.3, 0.4) is 0 Å². The molecule has 0 bridgehead atoms. The summed E-state index contributed by atoms with van der Waals surface area (Å²) in [5, 5.41) is 13.3. The Bertz CT molecular complexity index is 429. The van der Waals surface area contributed by atoms with Crippen LogP contribution in [0.25, 0.3) is 0 Å². The summed E-state index contributed by atoms with van der Waals surface area (Å²) in [6, 6.07) is 0. The van der Waals surface area contributed by atoms with Gasteiger partial charge in [0.25, 0.3) is 5.95 Å². The van der Waals surface area contributed by atoms with Gasteiger partial charge in [-0.1, -0.05) is 12.8 Å². The van der Waals surface area contributed by atoms with Crippen LogP contribution in [0.1, 0.15) is 51.3 Å². The number of rotatable bonds is 5. The van der Waals surface area contributed by atoms with Crippen molar-refractivity contribution in [3.8, 4) is 0 Å². The van der Waals surface area contributed by atoms with Gasteiger partial charge in [0.2, 0.25) is 5.89 Å². The Labute approximate surface area is 112 Å². The van der Waals surface area contributed by atoms with Crippen molar-refractivity contribution in [2.45, 2.75) is 45.4 Å². The Hall–Kier alpha value is -1.59. The van der Waals surface area contributed by atoms with Crippen LogP contribution in [-0.2, 0) is 4.79 Å². The van der Waals surface area contributed by atoms with E-state index in [9.17, 15) is 9.90 Å². The predicted octanol–water partition coefficient (Wildman–Crippen LogP) is 2.27. The van der Waals surface area contributed by atoms with Crippen molar-refractivity contribution in [1.82, 2.24) is 10.1 Å². The van der Waals surface area contributed by atoms with E-state index in [2.05, 4.69) is 10.1 Å². The van der Waals surface area contributed by atoms with E-state index in [4.69, 9.17) is 4.52 Å². The van der Waals surface area contributed by atoms with Gasteiger partial charge >= 0.3 is 5.97 Å². The maximum Gasteiger partial charge on any atom is 0.307 e. The average molecular weight is 267 g/mol. The van der Waals surface area contributed by atoms with Crippen LogP contribution >= 0.6 is 0 Å². The fourth-order valence-corrected chi connectivity index (χ4v) is 2.73. The third-order valence-corrected chi connectivity index (χ3v) is 3.88. The van der Waals surface area contributed by atoms with Gasteiger partial charge in [-0.3, -0.25) is 4.79 Å². The van der Waals surface area contributed by atoms with Crippen molar-refractivity contribution >= 4 is 11.9 Å². The van der Waals surface area contributed by atoms with Crippen molar-refractivity contribution in [1.29, 1.82) is 0 Å². The lowest BCUT2D eigenvalue weighted by Crippen LogP contribution is -2.26. The van der Waals surface area contributed by atoms with Crippen LogP contribution in [-0.4, -0.2) is 34.3 Å². The summed E-state index contributed by atoms with van der Waals surface area (Å²) in [6.45, 7) is 5.67. The van der Waals surface area contributed by atoms with Gasteiger partial charge < -0.3 is 14.5 Å². The van der Waals surface area contributed by atoms with Crippen molar-refractivity contribution < 1.29 is 14.4 Å². The highest BCUT2D eigenvalue weighted by Gasteiger charge is 2.35. The molecule has 19 heavy (non-hydrogen) atoms. The summed E-state index contributed by atoms with van der Waals surface area (Å²) in [4.78, 5) is 17.7. The maximum absolute atomic E-state index is 11.3. The van der Waals surface area contributed by atoms with Crippen LogP contribution in [0, 0.1) is 5.92 Å². The smallest absolute Gasteiger partial charge is 0.307 e. The maximum atomic E-state index is 11.3. The molecule has 1 aliphatic rings. The van der Waals surface area contributed by atoms with E-state index >= 15 is 0 Å². The zero-order valence-corrected chi connectivity index (χ0v) is 11.5. The Morgan fingerprint density at radius 1 is 1.37 bits per heavy atom. The average Bonchev–Trinajstić information content (AvgIpc) is 2.89. The minimum atomic E-state index is -0.757. The lowest BCUT2D eigenvalue weighted by atomic mass is 9.79. The van der Waals surface area contributed by atoms with Gasteiger partial charge in [0.1, 0.15) is 0 Å². The van der Waals surface area contributed by atoms with Crippen LogP contribution in [0.15, 0.2) is 4.52 Å². The second-order valence-corrected chi connectivity index (χ2v) is 4.94. The van der Waals surface area contributed by atoms with E-state index in [1.54, 1.807) is 0 Å². The predicted molar refractivity (Wildman–Crippen MR) is 70.2 cm³/mol. The van der Waals surface area contributed by atoms with Crippen molar-refractivity contribution in [2.24, 2.45) is 5.92 Å². The first-order chi connectivity index (χ1) is 9.17. The molecule has 1 aliphatic carbocycles. The van der Waals surface area contributed by atoms with Crippen LogP contribution < -0.4 is 4.90 Å². The number of aromatic nitrogens is 2. The van der Waals surface area contributed by atoms with Gasteiger partial charge in [-0.15, -0.1) is 0 Å². The Balaban J connectivity index is 2.18. The molecule has 1 saturated carbocycles. The molecule has 1 aromatic heterocycles. The second kappa shape index (κ2) is 6.04. The lowest BCUT2D eigenvalue weighted by molar-refractivity contribution is -0.143. The zero-order valence-electron chi connectivity index (χ0n) is 11.5. The number of carbonyl (C=O) groups is 1. The summed E-state index contributed by atoms with van der Waals surface area (Å²) in [5.41, 5.74) is 0. The Morgan fingerprint density at radius 3 is 2.68 bits per heavy atom. The van der Waals surface area contributed by atoms with Crippen LogP contribution in [0.2, 0.25) is 0 Å². The number of hydrogen-bond acceptors (Lipinski definition) is 5. The van der Waals surface area contributed by atoms with E-state index in [0.29, 0.717) is 18.3 Å². The quantitative estimate of drug-likeness (QED) is 0.881. The molecule has 0 spiro atoms. The van der Waals surface area contributed by atoms with Crippen LogP contribution in [0.4, 0.5) is 5.95 Å². The van der Waals surface area contributed by atoms with Gasteiger partial charge in [-0.2, -0.15) is 4.98 Å². The molecular weight excluding hydrogens is 246 g/mol. The van der Waals surface area contributed by atoms with Crippen LogP contribution in [0.5, 0.6) is 0 Å². The molecule has 1 heterocycles. The van der Waals surface area contributed by atoms with E-state index in [0.717, 1.165) is 32.4 Å². The molecule has 6 heteroatoms. The molecule has 0 radical (unpaired) electrons. The highest BCUT2D eigenvalue weighted by atomic mass is 16.5. The fourth-order valence-electron chi connectivity index (χ4n) is 2.73. The molecule has 6 nitrogen and oxygen atoms in total. The first kappa shape index (κ1) is 13.8. The van der Waals surface area contributed by atoms with Gasteiger partial charge in [-0.25, -0.2) is 0 Å². The molecule has 2 unspecified atom stereocenters. The first-order valence-corrected chi connectivity index (χ1v) is 6.98. The molecule has 0 aliphatic heterocycles. The minimum Gasteiger partial charge on any atom is -0.481 e. The minimum absolute atomic E-state index is 0.136. The summed E-state index contributed by atoms with van der Waals surface area (Å²) < 4.78 is 5.30.